The van der Waals surface area contributed by atoms with E-state index in [1.807, 2.05) is 28.9 Å². The van der Waals surface area contributed by atoms with E-state index in [9.17, 15) is 0 Å². The van der Waals surface area contributed by atoms with Gasteiger partial charge in [0, 0.05) is 18.8 Å². The highest BCUT2D eigenvalue weighted by Gasteiger charge is 2.15. The Balaban J connectivity index is 2.36. The quantitative estimate of drug-likeness (QED) is 0.879. The lowest BCUT2D eigenvalue weighted by atomic mass is 10.0. The number of aromatic nitrogens is 2. The van der Waals surface area contributed by atoms with Crippen molar-refractivity contribution in [2.45, 2.75) is 25.9 Å². The standard InChI is InChI=1S/C15H21N3O2/c1-4-7-18-14(5-6-17-18)15(16)11-8-12(19-2)10-13(9-11)20-3/h5-6,8-10,15H,4,7,16H2,1-3H3. The van der Waals surface area contributed by atoms with Gasteiger partial charge in [0.05, 0.1) is 26.0 Å². The average Bonchev–Trinajstić information content (AvgIpc) is 2.94. The molecule has 108 valence electrons. The molecule has 2 N–H and O–H groups in total. The lowest BCUT2D eigenvalue weighted by Gasteiger charge is -2.16. The maximum absolute atomic E-state index is 6.37. The van der Waals surface area contributed by atoms with Crippen LogP contribution in [0.5, 0.6) is 11.5 Å². The summed E-state index contributed by atoms with van der Waals surface area (Å²) in [4.78, 5) is 0. The van der Waals surface area contributed by atoms with E-state index < -0.39 is 0 Å². The van der Waals surface area contributed by atoms with Gasteiger partial charge >= 0.3 is 0 Å². The van der Waals surface area contributed by atoms with Gasteiger partial charge in [0.1, 0.15) is 11.5 Å². The number of methoxy groups -OCH3 is 2. The zero-order chi connectivity index (χ0) is 14.5. The van der Waals surface area contributed by atoms with Gasteiger partial charge in [0.15, 0.2) is 0 Å². The first-order valence-electron chi connectivity index (χ1n) is 6.69. The van der Waals surface area contributed by atoms with E-state index in [0.29, 0.717) is 0 Å². The van der Waals surface area contributed by atoms with Crippen molar-refractivity contribution in [3.05, 3.63) is 41.7 Å². The molecule has 0 amide bonds. The number of nitrogens with zero attached hydrogens (tertiary/aromatic N) is 2. The zero-order valence-corrected chi connectivity index (χ0v) is 12.2. The van der Waals surface area contributed by atoms with Crippen molar-refractivity contribution in [1.29, 1.82) is 0 Å². The molecule has 0 saturated carbocycles. The van der Waals surface area contributed by atoms with Crippen molar-refractivity contribution in [3.63, 3.8) is 0 Å². The van der Waals surface area contributed by atoms with Crippen LogP contribution in [0.2, 0.25) is 0 Å². The first-order valence-corrected chi connectivity index (χ1v) is 6.69. The third kappa shape index (κ3) is 2.93. The molecule has 0 bridgehead atoms. The number of hydrogen-bond donors (Lipinski definition) is 1. The number of nitrogens with two attached hydrogens (primary N) is 1. The Kier molecular flexibility index (Phi) is 4.63. The van der Waals surface area contributed by atoms with Crippen LogP contribution in [0.25, 0.3) is 0 Å². The molecule has 1 aromatic heterocycles. The Labute approximate surface area is 119 Å². The molecule has 20 heavy (non-hydrogen) atoms. The highest BCUT2D eigenvalue weighted by Crippen LogP contribution is 2.28. The summed E-state index contributed by atoms with van der Waals surface area (Å²) in [5.41, 5.74) is 8.30. The number of hydrogen-bond acceptors (Lipinski definition) is 4. The van der Waals surface area contributed by atoms with E-state index in [1.54, 1.807) is 20.4 Å². The fraction of sp³-hybridized carbons (Fsp3) is 0.400. The predicted molar refractivity (Wildman–Crippen MR) is 78.1 cm³/mol. The molecular formula is C15H21N3O2. The molecule has 2 aromatic rings. The maximum atomic E-state index is 6.37. The normalized spacial score (nSPS) is 12.2. The van der Waals surface area contributed by atoms with Crippen LogP contribution in [-0.2, 0) is 6.54 Å². The second-order valence-electron chi connectivity index (χ2n) is 4.60. The summed E-state index contributed by atoms with van der Waals surface area (Å²) in [6.45, 7) is 2.97. The first kappa shape index (κ1) is 14.4. The molecule has 5 nitrogen and oxygen atoms in total. The van der Waals surface area contributed by atoms with E-state index in [0.717, 1.165) is 35.7 Å². The minimum atomic E-state index is -0.256. The van der Waals surface area contributed by atoms with Crippen molar-refractivity contribution >= 4 is 0 Å². The van der Waals surface area contributed by atoms with Gasteiger partial charge in [-0.2, -0.15) is 5.10 Å². The molecule has 5 heteroatoms. The lowest BCUT2D eigenvalue weighted by Crippen LogP contribution is -2.17. The molecule has 0 aliphatic rings. The number of rotatable bonds is 6. The summed E-state index contributed by atoms with van der Waals surface area (Å²) in [5, 5.41) is 4.31. The summed E-state index contributed by atoms with van der Waals surface area (Å²) >= 11 is 0. The lowest BCUT2D eigenvalue weighted by molar-refractivity contribution is 0.393. The minimum absolute atomic E-state index is 0.256. The highest BCUT2D eigenvalue weighted by molar-refractivity contribution is 5.41. The van der Waals surface area contributed by atoms with E-state index in [4.69, 9.17) is 15.2 Å². The van der Waals surface area contributed by atoms with Crippen LogP contribution in [0.1, 0.15) is 30.6 Å². The molecule has 2 rings (SSSR count). The third-order valence-corrected chi connectivity index (χ3v) is 3.24. The highest BCUT2D eigenvalue weighted by atomic mass is 16.5. The van der Waals surface area contributed by atoms with Gasteiger partial charge in [-0.3, -0.25) is 4.68 Å². The number of ether oxygens (including phenoxy) is 2. The molecule has 0 aliphatic carbocycles. The predicted octanol–water partition coefficient (Wildman–Crippen LogP) is 2.36. The molecule has 1 atom stereocenters. The second kappa shape index (κ2) is 6.43. The molecule has 1 aromatic carbocycles. The molecule has 1 unspecified atom stereocenters. The van der Waals surface area contributed by atoms with Crippen LogP contribution >= 0.6 is 0 Å². The molecule has 0 aliphatic heterocycles. The second-order valence-corrected chi connectivity index (χ2v) is 4.60. The Hall–Kier alpha value is -2.01. The Morgan fingerprint density at radius 3 is 2.40 bits per heavy atom. The van der Waals surface area contributed by atoms with E-state index in [-0.39, 0.29) is 6.04 Å². The Bertz CT molecular complexity index is 544. The van der Waals surface area contributed by atoms with Crippen LogP contribution < -0.4 is 15.2 Å². The summed E-state index contributed by atoms with van der Waals surface area (Å²) in [6.07, 6.45) is 2.80. The van der Waals surface area contributed by atoms with E-state index >= 15 is 0 Å². The van der Waals surface area contributed by atoms with Crippen molar-refractivity contribution in [1.82, 2.24) is 9.78 Å². The topological polar surface area (TPSA) is 62.3 Å². The van der Waals surface area contributed by atoms with Gasteiger partial charge in [-0.05, 0) is 30.2 Å². The molecule has 1 heterocycles. The van der Waals surface area contributed by atoms with E-state index in [2.05, 4.69) is 12.0 Å². The van der Waals surface area contributed by atoms with Gasteiger partial charge in [0.2, 0.25) is 0 Å². The van der Waals surface area contributed by atoms with Gasteiger partial charge in [-0.25, -0.2) is 0 Å². The molecular weight excluding hydrogens is 254 g/mol. The Morgan fingerprint density at radius 1 is 1.20 bits per heavy atom. The fourth-order valence-corrected chi connectivity index (χ4v) is 2.19. The minimum Gasteiger partial charge on any atom is -0.497 e. The van der Waals surface area contributed by atoms with Crippen LogP contribution in [-0.4, -0.2) is 24.0 Å². The van der Waals surface area contributed by atoms with Crippen LogP contribution in [0, 0.1) is 0 Å². The fourth-order valence-electron chi connectivity index (χ4n) is 2.19. The third-order valence-electron chi connectivity index (χ3n) is 3.24. The largest absolute Gasteiger partial charge is 0.497 e. The number of aryl methyl sites for hydroxylation is 1. The van der Waals surface area contributed by atoms with Crippen molar-refractivity contribution in [3.8, 4) is 11.5 Å². The summed E-state index contributed by atoms with van der Waals surface area (Å²) in [7, 11) is 3.26. The average molecular weight is 275 g/mol. The zero-order valence-electron chi connectivity index (χ0n) is 12.2. The summed E-state index contributed by atoms with van der Waals surface area (Å²) in [6, 6.07) is 7.38. The van der Waals surface area contributed by atoms with Crippen LogP contribution in [0.4, 0.5) is 0 Å². The van der Waals surface area contributed by atoms with Gasteiger partial charge in [-0.15, -0.1) is 0 Å². The first-order chi connectivity index (χ1) is 9.69. The molecule has 0 fully saturated rings. The van der Waals surface area contributed by atoms with Gasteiger partial charge in [-0.1, -0.05) is 6.92 Å². The molecule has 0 spiro atoms. The van der Waals surface area contributed by atoms with Crippen molar-refractivity contribution < 1.29 is 9.47 Å². The number of benzene rings is 1. The van der Waals surface area contributed by atoms with Gasteiger partial charge < -0.3 is 15.2 Å². The molecule has 0 radical (unpaired) electrons. The van der Waals surface area contributed by atoms with Gasteiger partial charge in [0.25, 0.3) is 0 Å². The maximum Gasteiger partial charge on any atom is 0.122 e. The van der Waals surface area contributed by atoms with Crippen LogP contribution in [0.15, 0.2) is 30.5 Å². The molecule has 0 saturated heterocycles. The van der Waals surface area contributed by atoms with Crippen molar-refractivity contribution in [2.75, 3.05) is 14.2 Å². The smallest absolute Gasteiger partial charge is 0.122 e. The van der Waals surface area contributed by atoms with E-state index in [1.165, 1.54) is 0 Å². The van der Waals surface area contributed by atoms with Crippen molar-refractivity contribution in [2.24, 2.45) is 5.73 Å². The summed E-state index contributed by atoms with van der Waals surface area (Å²) in [5.74, 6) is 1.47. The SMILES string of the molecule is CCCn1nccc1C(N)c1cc(OC)cc(OC)c1. The van der Waals surface area contributed by atoms with Crippen LogP contribution in [0.3, 0.4) is 0 Å². The summed E-state index contributed by atoms with van der Waals surface area (Å²) < 4.78 is 12.5. The Morgan fingerprint density at radius 2 is 1.85 bits per heavy atom. The monoisotopic (exact) mass is 275 g/mol.